The third-order valence-corrected chi connectivity index (χ3v) is 13.1. The molecule has 0 saturated heterocycles. The van der Waals surface area contributed by atoms with Gasteiger partial charge in [-0.3, -0.25) is 0 Å². The van der Waals surface area contributed by atoms with E-state index in [1.807, 2.05) is 0 Å². The Hall–Kier alpha value is -0.0400. The van der Waals surface area contributed by atoms with E-state index in [1.165, 1.54) is 77.0 Å². The molecule has 11 atom stereocenters. The highest BCUT2D eigenvalue weighted by atomic mass is 16.3. The van der Waals surface area contributed by atoms with Gasteiger partial charge in [-0.2, -0.15) is 0 Å². The van der Waals surface area contributed by atoms with Gasteiger partial charge in [0.15, 0.2) is 0 Å². The van der Waals surface area contributed by atoms with Crippen molar-refractivity contribution in [1.29, 1.82) is 0 Å². The summed E-state index contributed by atoms with van der Waals surface area (Å²) < 4.78 is 0. The Bertz CT molecular complexity index is 655. The normalized spacial score (nSPS) is 46.0. The monoisotopic (exact) mass is 472 g/mol. The zero-order valence-corrected chi connectivity index (χ0v) is 24.1. The van der Waals surface area contributed by atoms with Crippen LogP contribution in [0.2, 0.25) is 0 Å². The van der Waals surface area contributed by atoms with E-state index in [1.54, 1.807) is 0 Å². The summed E-state index contributed by atoms with van der Waals surface area (Å²) in [6, 6.07) is 0. The van der Waals surface area contributed by atoms with E-state index in [-0.39, 0.29) is 6.10 Å². The van der Waals surface area contributed by atoms with Crippen molar-refractivity contribution >= 4 is 0 Å². The maximum absolute atomic E-state index is 10.8. The van der Waals surface area contributed by atoms with Crippen LogP contribution in [0, 0.1) is 64.1 Å². The smallest absolute Gasteiger partial charge is 0.0546 e. The number of rotatable bonds is 9. The molecule has 3 unspecified atom stereocenters. The van der Waals surface area contributed by atoms with Gasteiger partial charge in [-0.15, -0.1) is 0 Å². The topological polar surface area (TPSA) is 20.2 Å². The second kappa shape index (κ2) is 10.8. The molecule has 0 aliphatic heterocycles. The minimum atomic E-state index is -0.0279. The fourth-order valence-electron chi connectivity index (χ4n) is 11.0. The summed E-state index contributed by atoms with van der Waals surface area (Å²) in [6.07, 6.45) is 19.3. The first kappa shape index (κ1) is 27.0. The van der Waals surface area contributed by atoms with E-state index >= 15 is 0 Å². The van der Waals surface area contributed by atoms with Gasteiger partial charge in [-0.1, -0.05) is 74.1 Å². The number of hydrogen-bond donors (Lipinski definition) is 1. The lowest BCUT2D eigenvalue weighted by molar-refractivity contribution is -0.159. The molecule has 1 N–H and O–H groups in total. The van der Waals surface area contributed by atoms with E-state index in [9.17, 15) is 5.11 Å². The first-order chi connectivity index (χ1) is 16.2. The van der Waals surface area contributed by atoms with Crippen molar-refractivity contribution in [2.45, 2.75) is 144 Å². The van der Waals surface area contributed by atoms with E-state index in [0.717, 1.165) is 66.1 Å². The second-order valence-corrected chi connectivity index (χ2v) is 14.7. The predicted molar refractivity (Wildman–Crippen MR) is 147 cm³/mol. The van der Waals surface area contributed by atoms with E-state index < -0.39 is 0 Å². The molecule has 4 aliphatic rings. The first-order valence-electron chi connectivity index (χ1n) is 15.8. The Labute approximate surface area is 213 Å². The fraction of sp³-hybridized carbons (Fsp3) is 1.00. The first-order valence-corrected chi connectivity index (χ1v) is 15.8. The van der Waals surface area contributed by atoms with Crippen molar-refractivity contribution in [3.8, 4) is 0 Å². The van der Waals surface area contributed by atoms with Crippen molar-refractivity contribution in [3.05, 3.63) is 0 Å². The van der Waals surface area contributed by atoms with Crippen molar-refractivity contribution < 1.29 is 5.11 Å². The average molecular weight is 473 g/mol. The van der Waals surface area contributed by atoms with Gasteiger partial charge in [0, 0.05) is 0 Å². The van der Waals surface area contributed by atoms with E-state index in [2.05, 4.69) is 48.5 Å². The molecule has 0 spiro atoms. The van der Waals surface area contributed by atoms with Gasteiger partial charge in [0.05, 0.1) is 6.10 Å². The molecule has 0 bridgehead atoms. The van der Waals surface area contributed by atoms with Gasteiger partial charge in [-0.25, -0.2) is 0 Å². The second-order valence-electron chi connectivity index (χ2n) is 14.7. The molecule has 0 aromatic carbocycles. The number of hydrogen-bond acceptors (Lipinski definition) is 1. The minimum absolute atomic E-state index is 0.0279. The van der Waals surface area contributed by atoms with Crippen LogP contribution in [0.15, 0.2) is 0 Å². The maximum atomic E-state index is 10.8. The molecular weight excluding hydrogens is 412 g/mol. The molecule has 198 valence electrons. The van der Waals surface area contributed by atoms with Gasteiger partial charge in [0.25, 0.3) is 0 Å². The Balaban J connectivity index is 1.49. The Morgan fingerprint density at radius 1 is 0.882 bits per heavy atom. The number of unbranched alkanes of at least 4 members (excludes halogenated alkanes) is 1. The lowest BCUT2D eigenvalue weighted by atomic mass is 9.42. The highest BCUT2D eigenvalue weighted by molar-refractivity contribution is 5.11. The molecule has 4 fully saturated rings. The van der Waals surface area contributed by atoms with Crippen molar-refractivity contribution in [2.75, 3.05) is 0 Å². The molecule has 0 amide bonds. The van der Waals surface area contributed by atoms with Crippen LogP contribution in [-0.2, 0) is 0 Å². The predicted octanol–water partition coefficient (Wildman–Crippen LogP) is 9.52. The van der Waals surface area contributed by atoms with E-state index in [0.29, 0.717) is 10.8 Å². The van der Waals surface area contributed by atoms with Crippen molar-refractivity contribution in [2.24, 2.45) is 64.1 Å². The SMILES string of the molecule is CCCCC1CC(O)CC2CC[C@@H]3[C@H](CC[C@]4(C)[C@@H]([C@H](C)CC[C@@H](CC)C(C)C)CC[C@@H]34)[C@@]12C. The van der Waals surface area contributed by atoms with Crippen LogP contribution in [0.4, 0.5) is 0 Å². The molecule has 34 heavy (non-hydrogen) atoms. The van der Waals surface area contributed by atoms with Gasteiger partial charge in [0.2, 0.25) is 0 Å². The van der Waals surface area contributed by atoms with Gasteiger partial charge in [0.1, 0.15) is 0 Å². The van der Waals surface area contributed by atoms with Crippen LogP contribution in [-0.4, -0.2) is 11.2 Å². The highest BCUT2D eigenvalue weighted by Crippen LogP contribution is 2.69. The van der Waals surface area contributed by atoms with Crippen LogP contribution >= 0.6 is 0 Å². The average Bonchev–Trinajstić information content (AvgIpc) is 3.15. The minimum Gasteiger partial charge on any atom is -0.393 e. The van der Waals surface area contributed by atoms with Crippen LogP contribution in [0.25, 0.3) is 0 Å². The van der Waals surface area contributed by atoms with Crippen molar-refractivity contribution in [1.82, 2.24) is 0 Å². The molecular formula is C33H60O. The molecule has 0 heterocycles. The summed E-state index contributed by atoms with van der Waals surface area (Å²) in [5, 5.41) is 10.8. The summed E-state index contributed by atoms with van der Waals surface area (Å²) in [5.74, 6) is 8.02. The summed E-state index contributed by atoms with van der Waals surface area (Å²) in [5.41, 5.74) is 1.09. The van der Waals surface area contributed by atoms with Crippen LogP contribution in [0.3, 0.4) is 0 Å². The molecule has 1 nitrogen and oxygen atoms in total. The Morgan fingerprint density at radius 2 is 1.65 bits per heavy atom. The van der Waals surface area contributed by atoms with Gasteiger partial charge in [-0.05, 0) is 128 Å². The molecule has 4 aliphatic carbocycles. The Kier molecular flexibility index (Phi) is 8.54. The van der Waals surface area contributed by atoms with Crippen LogP contribution < -0.4 is 0 Å². The highest BCUT2D eigenvalue weighted by Gasteiger charge is 2.62. The van der Waals surface area contributed by atoms with E-state index in [4.69, 9.17) is 0 Å². The number of aliphatic hydroxyl groups excluding tert-OH is 1. The fourth-order valence-corrected chi connectivity index (χ4v) is 11.0. The summed E-state index contributed by atoms with van der Waals surface area (Å²) in [4.78, 5) is 0. The zero-order chi connectivity index (χ0) is 24.7. The third kappa shape index (κ3) is 4.67. The number of fused-ring (bicyclic) bond motifs is 5. The molecule has 0 radical (unpaired) electrons. The lowest BCUT2D eigenvalue weighted by Crippen LogP contribution is -2.57. The molecule has 4 saturated carbocycles. The molecule has 1 heteroatoms. The summed E-state index contributed by atoms with van der Waals surface area (Å²) in [6.45, 7) is 17.7. The molecule has 0 aromatic rings. The van der Waals surface area contributed by atoms with Gasteiger partial charge >= 0.3 is 0 Å². The number of aliphatic hydroxyl groups is 1. The molecule has 0 aromatic heterocycles. The lowest BCUT2D eigenvalue weighted by Gasteiger charge is -2.63. The van der Waals surface area contributed by atoms with Crippen molar-refractivity contribution in [3.63, 3.8) is 0 Å². The standard InChI is InChI=1S/C33H60O/c1-8-10-11-25-20-27(34)21-26-14-15-28-30-17-16-29(23(5)12-13-24(9-2)22(3)4)32(30,6)19-18-31(28)33(25,26)7/h22-31,34H,8-21H2,1-7H3/t23-,24-,25?,26?,27?,28+,29-,30+,31+,32-,33+/m1/s1. The quantitative estimate of drug-likeness (QED) is 0.354. The van der Waals surface area contributed by atoms with Gasteiger partial charge < -0.3 is 5.11 Å². The largest absolute Gasteiger partial charge is 0.393 e. The molecule has 4 rings (SSSR count). The summed E-state index contributed by atoms with van der Waals surface area (Å²) >= 11 is 0. The summed E-state index contributed by atoms with van der Waals surface area (Å²) in [7, 11) is 0. The Morgan fingerprint density at radius 3 is 2.32 bits per heavy atom. The maximum Gasteiger partial charge on any atom is 0.0546 e. The van der Waals surface area contributed by atoms with Crippen LogP contribution in [0.1, 0.15) is 138 Å². The third-order valence-electron chi connectivity index (χ3n) is 13.1. The van der Waals surface area contributed by atoms with Crippen LogP contribution in [0.5, 0.6) is 0 Å². The zero-order valence-electron chi connectivity index (χ0n) is 24.1.